The molecule has 0 saturated carbocycles. The molecule has 58 heavy (non-hydrogen) atoms. The van der Waals surface area contributed by atoms with Crippen molar-refractivity contribution in [2.75, 3.05) is 69.7 Å². The minimum atomic E-state index is -0.914. The number of nitrogens with one attached hydrogen (secondary N) is 9. The van der Waals surface area contributed by atoms with E-state index in [2.05, 4.69) is 47.9 Å². The van der Waals surface area contributed by atoms with E-state index in [0.29, 0.717) is 56.8 Å². The third kappa shape index (κ3) is 25.0. The molecule has 0 heterocycles. The zero-order chi connectivity index (χ0) is 42.1. The minimum Gasteiger partial charge on any atom is -0.442 e. The standard InChI is InChI=1S/C40H65N9O9/c50-25-9-5-1-2-6-12-31-13-17-33(18-14-31)48-38(55)46-29-35(58-40(57)44-22-8-4-3-7-21-41-36(53)42-23-10-26-51)30-47-39(56)49-34-19-15-32(16-20-34)28-45-37(54)43-24-11-27-52/h13-20,35,50-52H,1-12,21-30H2,(H,44,57)(H2,41,42,53)(H2,43,45,54)(H2,46,48,55)(H2,47,49,56). The van der Waals surface area contributed by atoms with Crippen molar-refractivity contribution in [2.24, 2.45) is 0 Å². The van der Waals surface area contributed by atoms with Gasteiger partial charge in [-0.2, -0.15) is 0 Å². The molecule has 12 N–H and O–H groups in total. The number of urea groups is 4. The lowest BCUT2D eigenvalue weighted by Crippen LogP contribution is -2.45. The van der Waals surface area contributed by atoms with Crippen molar-refractivity contribution in [2.45, 2.75) is 89.7 Å². The molecule has 0 bridgehead atoms. The molecule has 0 fully saturated rings. The number of carbonyl (C=O) groups excluding carboxylic acids is 5. The first-order valence-electron chi connectivity index (χ1n) is 20.3. The molecule has 1 atom stereocenters. The Morgan fingerprint density at radius 3 is 1.41 bits per heavy atom. The number of anilines is 2. The van der Waals surface area contributed by atoms with Crippen molar-refractivity contribution in [1.82, 2.24) is 37.2 Å². The highest BCUT2D eigenvalue weighted by Crippen LogP contribution is 2.14. The molecular formula is C40H65N9O9. The maximum Gasteiger partial charge on any atom is 0.407 e. The van der Waals surface area contributed by atoms with Crippen molar-refractivity contribution in [1.29, 1.82) is 0 Å². The van der Waals surface area contributed by atoms with Crippen molar-refractivity contribution in [3.8, 4) is 0 Å². The average molecular weight is 816 g/mol. The summed E-state index contributed by atoms with van der Waals surface area (Å²) < 4.78 is 5.57. The molecule has 0 saturated heterocycles. The van der Waals surface area contributed by atoms with Gasteiger partial charge < -0.3 is 67.9 Å². The van der Waals surface area contributed by atoms with E-state index in [1.165, 1.54) is 0 Å². The summed E-state index contributed by atoms with van der Waals surface area (Å²) in [6.07, 6.45) is 8.46. The summed E-state index contributed by atoms with van der Waals surface area (Å²) in [5.74, 6) is 0. The summed E-state index contributed by atoms with van der Waals surface area (Å²) in [7, 11) is 0. The van der Waals surface area contributed by atoms with E-state index in [1.807, 2.05) is 24.3 Å². The highest BCUT2D eigenvalue weighted by atomic mass is 16.6. The molecule has 0 aliphatic heterocycles. The number of amides is 9. The van der Waals surface area contributed by atoms with Crippen LogP contribution in [0, 0.1) is 0 Å². The van der Waals surface area contributed by atoms with Crippen molar-refractivity contribution < 1.29 is 44.0 Å². The van der Waals surface area contributed by atoms with Gasteiger partial charge in [-0.25, -0.2) is 24.0 Å². The number of alkyl carbamates (subject to hydrolysis) is 1. The Hall–Kier alpha value is -5.33. The van der Waals surface area contributed by atoms with Gasteiger partial charge in [-0.1, -0.05) is 56.4 Å². The fraction of sp³-hybridized carbons (Fsp3) is 0.575. The second kappa shape index (κ2) is 31.7. The number of ether oxygens (including phenoxy) is 1. The molecule has 0 aliphatic rings. The van der Waals surface area contributed by atoms with E-state index in [0.717, 1.165) is 68.9 Å². The van der Waals surface area contributed by atoms with Crippen LogP contribution in [0.2, 0.25) is 0 Å². The van der Waals surface area contributed by atoms with Crippen LogP contribution in [0.1, 0.15) is 81.8 Å². The van der Waals surface area contributed by atoms with E-state index in [9.17, 15) is 24.0 Å². The third-order valence-electron chi connectivity index (χ3n) is 8.65. The molecule has 1 unspecified atom stereocenters. The van der Waals surface area contributed by atoms with Crippen LogP contribution in [0.5, 0.6) is 0 Å². The van der Waals surface area contributed by atoms with Crippen LogP contribution in [-0.4, -0.2) is 111 Å². The first-order valence-corrected chi connectivity index (χ1v) is 20.3. The largest absolute Gasteiger partial charge is 0.442 e. The van der Waals surface area contributed by atoms with Crippen LogP contribution in [0.15, 0.2) is 48.5 Å². The Morgan fingerprint density at radius 2 is 0.879 bits per heavy atom. The summed E-state index contributed by atoms with van der Waals surface area (Å²) in [6.45, 7) is 1.93. The SMILES string of the molecule is O=C(NCCCO)NCCCCCCNC(=O)OC(CNC(=O)Nc1ccc(CCCCCCCO)cc1)CNC(=O)Nc1ccc(CNC(=O)NCCCO)cc1. The predicted molar refractivity (Wildman–Crippen MR) is 223 cm³/mol. The van der Waals surface area contributed by atoms with E-state index < -0.39 is 24.3 Å². The van der Waals surface area contributed by atoms with E-state index in [-0.39, 0.29) is 51.5 Å². The van der Waals surface area contributed by atoms with E-state index in [1.54, 1.807) is 24.3 Å². The van der Waals surface area contributed by atoms with Gasteiger partial charge in [0.15, 0.2) is 0 Å². The summed E-state index contributed by atoms with van der Waals surface area (Å²) in [6, 6.07) is 12.7. The van der Waals surface area contributed by atoms with Gasteiger partial charge in [0.25, 0.3) is 0 Å². The summed E-state index contributed by atoms with van der Waals surface area (Å²) in [5.41, 5.74) is 3.05. The van der Waals surface area contributed by atoms with Crippen LogP contribution in [0.3, 0.4) is 0 Å². The normalized spacial score (nSPS) is 11.1. The molecule has 18 nitrogen and oxygen atoms in total. The number of aliphatic hydroxyl groups is 3. The van der Waals surface area contributed by atoms with Gasteiger partial charge >= 0.3 is 30.2 Å². The number of carbonyl (C=O) groups is 5. The second-order valence-corrected chi connectivity index (χ2v) is 13.6. The van der Waals surface area contributed by atoms with E-state index >= 15 is 0 Å². The lowest BCUT2D eigenvalue weighted by molar-refractivity contribution is 0.0982. The van der Waals surface area contributed by atoms with Crippen molar-refractivity contribution in [3.05, 3.63) is 59.7 Å². The van der Waals surface area contributed by atoms with Gasteiger partial charge in [0.1, 0.15) is 6.10 Å². The Labute approximate surface area is 341 Å². The molecule has 0 spiro atoms. The average Bonchev–Trinajstić information content (AvgIpc) is 3.21. The fourth-order valence-electron chi connectivity index (χ4n) is 5.41. The van der Waals surface area contributed by atoms with Crippen LogP contribution in [0.25, 0.3) is 0 Å². The Kier molecular flexibility index (Phi) is 26.7. The first-order chi connectivity index (χ1) is 28.2. The molecule has 0 radical (unpaired) electrons. The Morgan fingerprint density at radius 1 is 0.448 bits per heavy atom. The number of rotatable bonds is 29. The number of aryl methyl sites for hydroxylation is 1. The fourth-order valence-corrected chi connectivity index (χ4v) is 5.41. The molecule has 0 aliphatic carbocycles. The van der Waals surface area contributed by atoms with Gasteiger partial charge in [0.2, 0.25) is 0 Å². The molecule has 9 amide bonds. The Balaban J connectivity index is 1.82. The summed E-state index contributed by atoms with van der Waals surface area (Å²) >= 11 is 0. The lowest BCUT2D eigenvalue weighted by atomic mass is 10.1. The summed E-state index contributed by atoms with van der Waals surface area (Å²) in [5, 5.41) is 50.9. The van der Waals surface area contributed by atoms with Gasteiger partial charge in [-0.15, -0.1) is 0 Å². The zero-order valence-electron chi connectivity index (χ0n) is 33.5. The van der Waals surface area contributed by atoms with Gasteiger partial charge in [0, 0.05) is 63.9 Å². The topological polar surface area (TPSA) is 264 Å². The molecule has 2 aromatic carbocycles. The highest BCUT2D eigenvalue weighted by molar-refractivity contribution is 5.90. The molecule has 324 valence electrons. The van der Waals surface area contributed by atoms with Gasteiger partial charge in [-0.05, 0) is 80.3 Å². The molecule has 18 heteroatoms. The lowest BCUT2D eigenvalue weighted by Gasteiger charge is -2.20. The van der Waals surface area contributed by atoms with Gasteiger partial charge in [-0.3, -0.25) is 0 Å². The van der Waals surface area contributed by atoms with Gasteiger partial charge in [0.05, 0.1) is 13.1 Å². The van der Waals surface area contributed by atoms with Crippen LogP contribution in [-0.2, 0) is 17.7 Å². The number of benzene rings is 2. The number of hydrogen-bond acceptors (Lipinski definition) is 9. The van der Waals surface area contributed by atoms with Crippen LogP contribution in [0.4, 0.5) is 35.3 Å². The summed E-state index contributed by atoms with van der Waals surface area (Å²) in [4.78, 5) is 61.7. The minimum absolute atomic E-state index is 0.0101. The Bertz CT molecular complexity index is 1450. The van der Waals surface area contributed by atoms with E-state index in [4.69, 9.17) is 20.1 Å². The quantitative estimate of drug-likeness (QED) is 0.0535. The molecule has 2 aromatic rings. The number of unbranched alkanes of at least 4 members (excludes halogenated alkanes) is 7. The monoisotopic (exact) mass is 815 g/mol. The van der Waals surface area contributed by atoms with Crippen molar-refractivity contribution >= 4 is 41.6 Å². The van der Waals surface area contributed by atoms with Crippen LogP contribution >= 0.6 is 0 Å². The second-order valence-electron chi connectivity index (χ2n) is 13.6. The molecular weight excluding hydrogens is 750 g/mol. The number of hydrogen-bond donors (Lipinski definition) is 12. The maximum absolute atomic E-state index is 12.8. The first kappa shape index (κ1) is 48.8. The molecule has 0 aromatic heterocycles. The smallest absolute Gasteiger partial charge is 0.407 e. The highest BCUT2D eigenvalue weighted by Gasteiger charge is 2.17. The maximum atomic E-state index is 12.8. The van der Waals surface area contributed by atoms with Crippen molar-refractivity contribution in [3.63, 3.8) is 0 Å². The zero-order valence-corrected chi connectivity index (χ0v) is 33.5. The van der Waals surface area contributed by atoms with Crippen LogP contribution < -0.4 is 47.9 Å². The predicted octanol–water partition coefficient (Wildman–Crippen LogP) is 3.63. The molecule has 2 rings (SSSR count). The number of aliphatic hydroxyl groups excluding tert-OH is 3. The third-order valence-corrected chi connectivity index (χ3v) is 8.65.